The lowest BCUT2D eigenvalue weighted by atomic mass is 10.0. The second-order valence-electron chi connectivity index (χ2n) is 2.97. The van der Waals surface area contributed by atoms with Crippen molar-refractivity contribution in [3.63, 3.8) is 0 Å². The zero-order valence-corrected chi connectivity index (χ0v) is 8.05. The minimum atomic E-state index is -0.00523. The molecule has 0 aliphatic carbocycles. The fraction of sp³-hybridized carbons (Fsp3) is 0.300. The molecule has 0 atom stereocenters. The molecule has 0 bridgehead atoms. The highest BCUT2D eigenvalue weighted by molar-refractivity contribution is 5.98. The molecular formula is C10H13NO2. The average Bonchev–Trinajstić information content (AvgIpc) is 2.01. The second kappa shape index (κ2) is 3.47. The fourth-order valence-electron chi connectivity index (χ4n) is 1.39. The highest BCUT2D eigenvalue weighted by Gasteiger charge is 2.11. The van der Waals surface area contributed by atoms with E-state index in [0.29, 0.717) is 17.0 Å². The Kier molecular flexibility index (Phi) is 2.56. The molecule has 0 saturated heterocycles. The van der Waals surface area contributed by atoms with Gasteiger partial charge in [0.15, 0.2) is 5.78 Å². The molecule has 0 amide bonds. The van der Waals surface area contributed by atoms with Crippen molar-refractivity contribution < 1.29 is 9.53 Å². The van der Waals surface area contributed by atoms with Gasteiger partial charge in [0.1, 0.15) is 5.75 Å². The molecule has 13 heavy (non-hydrogen) atoms. The van der Waals surface area contributed by atoms with Gasteiger partial charge in [0.05, 0.1) is 12.7 Å². The van der Waals surface area contributed by atoms with E-state index in [1.807, 2.05) is 6.92 Å². The normalized spacial score (nSPS) is 9.77. The number of ketones is 1. The smallest absolute Gasteiger partial charge is 0.163 e. The highest BCUT2D eigenvalue weighted by Crippen LogP contribution is 2.25. The Labute approximate surface area is 77.5 Å². The maximum Gasteiger partial charge on any atom is 0.163 e. The van der Waals surface area contributed by atoms with Crippen molar-refractivity contribution in [3.05, 3.63) is 23.3 Å². The van der Waals surface area contributed by atoms with Gasteiger partial charge in [-0.15, -0.1) is 0 Å². The van der Waals surface area contributed by atoms with Crippen LogP contribution in [0, 0.1) is 6.92 Å². The molecule has 3 heteroatoms. The first-order valence-corrected chi connectivity index (χ1v) is 4.01. The van der Waals surface area contributed by atoms with E-state index in [0.717, 1.165) is 5.56 Å². The summed E-state index contributed by atoms with van der Waals surface area (Å²) in [5, 5.41) is 0. The molecule has 0 radical (unpaired) electrons. The first kappa shape index (κ1) is 9.58. The first-order chi connectivity index (χ1) is 6.06. The predicted octanol–water partition coefficient (Wildman–Crippen LogP) is 1.79. The van der Waals surface area contributed by atoms with Crippen molar-refractivity contribution in [1.82, 2.24) is 0 Å². The van der Waals surface area contributed by atoms with Crippen LogP contribution in [0.1, 0.15) is 22.8 Å². The largest absolute Gasteiger partial charge is 0.496 e. The Hall–Kier alpha value is -1.51. The van der Waals surface area contributed by atoms with Crippen LogP contribution in [-0.2, 0) is 0 Å². The van der Waals surface area contributed by atoms with Crippen molar-refractivity contribution in [2.75, 3.05) is 12.8 Å². The number of anilines is 1. The van der Waals surface area contributed by atoms with E-state index in [4.69, 9.17) is 10.5 Å². The van der Waals surface area contributed by atoms with Crippen LogP contribution in [0.4, 0.5) is 5.69 Å². The molecule has 0 aliphatic rings. The molecule has 1 aromatic carbocycles. The number of carbonyl (C=O) groups excluding carboxylic acids is 1. The standard InChI is InChI=1S/C10H13NO2/c1-6-4-8(11)5-9(13-3)10(6)7(2)12/h4-5H,11H2,1-3H3. The highest BCUT2D eigenvalue weighted by atomic mass is 16.5. The lowest BCUT2D eigenvalue weighted by Crippen LogP contribution is -2.02. The maximum atomic E-state index is 11.2. The summed E-state index contributed by atoms with van der Waals surface area (Å²) in [6.07, 6.45) is 0. The van der Waals surface area contributed by atoms with Crippen LogP contribution in [-0.4, -0.2) is 12.9 Å². The molecule has 0 fully saturated rings. The number of aryl methyl sites for hydroxylation is 1. The van der Waals surface area contributed by atoms with E-state index in [1.165, 1.54) is 14.0 Å². The molecule has 0 spiro atoms. The number of ether oxygens (including phenoxy) is 1. The summed E-state index contributed by atoms with van der Waals surface area (Å²) in [6.45, 7) is 3.36. The van der Waals surface area contributed by atoms with Crippen molar-refractivity contribution >= 4 is 11.5 Å². The number of hydrogen-bond acceptors (Lipinski definition) is 3. The van der Waals surface area contributed by atoms with E-state index in [1.54, 1.807) is 12.1 Å². The Balaban J connectivity index is 3.38. The first-order valence-electron chi connectivity index (χ1n) is 4.01. The summed E-state index contributed by atoms with van der Waals surface area (Å²) in [5.74, 6) is 0.541. The topological polar surface area (TPSA) is 52.3 Å². The van der Waals surface area contributed by atoms with Crippen LogP contribution in [0.3, 0.4) is 0 Å². The van der Waals surface area contributed by atoms with E-state index >= 15 is 0 Å². The van der Waals surface area contributed by atoms with Crippen molar-refractivity contribution in [2.24, 2.45) is 0 Å². The van der Waals surface area contributed by atoms with E-state index in [-0.39, 0.29) is 5.78 Å². The molecular weight excluding hydrogens is 166 g/mol. The number of benzene rings is 1. The molecule has 3 nitrogen and oxygen atoms in total. The summed E-state index contributed by atoms with van der Waals surface area (Å²) in [5.41, 5.74) is 7.68. The van der Waals surface area contributed by atoms with Crippen molar-refractivity contribution in [3.8, 4) is 5.75 Å². The molecule has 0 heterocycles. The third kappa shape index (κ3) is 1.80. The van der Waals surface area contributed by atoms with Crippen LogP contribution in [0.2, 0.25) is 0 Å². The van der Waals surface area contributed by atoms with Gasteiger partial charge >= 0.3 is 0 Å². The molecule has 1 aromatic rings. The van der Waals surface area contributed by atoms with Gasteiger partial charge in [0.25, 0.3) is 0 Å². The summed E-state index contributed by atoms with van der Waals surface area (Å²) < 4.78 is 5.07. The number of Topliss-reactive ketones (excluding diaryl/α,β-unsaturated/α-hetero) is 1. The van der Waals surface area contributed by atoms with E-state index < -0.39 is 0 Å². The lowest BCUT2D eigenvalue weighted by Gasteiger charge is -2.09. The molecule has 0 aromatic heterocycles. The molecule has 2 N–H and O–H groups in total. The van der Waals surface area contributed by atoms with Gasteiger partial charge in [-0.3, -0.25) is 4.79 Å². The number of nitrogens with two attached hydrogens (primary N) is 1. The number of nitrogen functional groups attached to an aromatic ring is 1. The van der Waals surface area contributed by atoms with Crippen LogP contribution in [0.15, 0.2) is 12.1 Å². The van der Waals surface area contributed by atoms with Gasteiger partial charge < -0.3 is 10.5 Å². The molecule has 70 valence electrons. The zero-order chi connectivity index (χ0) is 10.0. The van der Waals surface area contributed by atoms with Gasteiger partial charge in [-0.25, -0.2) is 0 Å². The van der Waals surface area contributed by atoms with Crippen LogP contribution < -0.4 is 10.5 Å². The van der Waals surface area contributed by atoms with Gasteiger partial charge in [-0.05, 0) is 25.5 Å². The molecule has 0 saturated carbocycles. The lowest BCUT2D eigenvalue weighted by molar-refractivity contribution is 0.101. The fourth-order valence-corrected chi connectivity index (χ4v) is 1.39. The number of hydrogen-bond donors (Lipinski definition) is 1. The van der Waals surface area contributed by atoms with Crippen LogP contribution in [0.5, 0.6) is 5.75 Å². The SMILES string of the molecule is COc1cc(N)cc(C)c1C(C)=O. The monoisotopic (exact) mass is 179 g/mol. The van der Waals surface area contributed by atoms with Crippen molar-refractivity contribution in [1.29, 1.82) is 0 Å². The Morgan fingerprint density at radius 1 is 1.46 bits per heavy atom. The minimum absolute atomic E-state index is 0.00523. The van der Waals surface area contributed by atoms with Gasteiger partial charge in [-0.2, -0.15) is 0 Å². The molecule has 0 unspecified atom stereocenters. The Bertz CT molecular complexity index is 345. The van der Waals surface area contributed by atoms with E-state index in [9.17, 15) is 4.79 Å². The van der Waals surface area contributed by atoms with Crippen LogP contribution >= 0.6 is 0 Å². The molecule has 0 aliphatic heterocycles. The predicted molar refractivity (Wildman–Crippen MR) is 52.1 cm³/mol. The van der Waals surface area contributed by atoms with Crippen molar-refractivity contribution in [2.45, 2.75) is 13.8 Å². The van der Waals surface area contributed by atoms with Gasteiger partial charge in [0, 0.05) is 11.8 Å². The number of methoxy groups -OCH3 is 1. The Morgan fingerprint density at radius 2 is 2.08 bits per heavy atom. The average molecular weight is 179 g/mol. The third-order valence-electron chi connectivity index (χ3n) is 1.89. The second-order valence-corrected chi connectivity index (χ2v) is 2.97. The van der Waals surface area contributed by atoms with Gasteiger partial charge in [0.2, 0.25) is 0 Å². The maximum absolute atomic E-state index is 11.2. The summed E-state index contributed by atoms with van der Waals surface area (Å²) in [6, 6.07) is 3.42. The quantitative estimate of drug-likeness (QED) is 0.556. The summed E-state index contributed by atoms with van der Waals surface area (Å²) in [4.78, 5) is 11.2. The molecule has 1 rings (SSSR count). The van der Waals surface area contributed by atoms with Gasteiger partial charge in [-0.1, -0.05) is 0 Å². The summed E-state index contributed by atoms with van der Waals surface area (Å²) >= 11 is 0. The number of rotatable bonds is 2. The summed E-state index contributed by atoms with van der Waals surface area (Å²) in [7, 11) is 1.53. The Morgan fingerprint density at radius 3 is 2.54 bits per heavy atom. The zero-order valence-electron chi connectivity index (χ0n) is 8.05. The third-order valence-corrected chi connectivity index (χ3v) is 1.89. The van der Waals surface area contributed by atoms with E-state index in [2.05, 4.69) is 0 Å². The van der Waals surface area contributed by atoms with Crippen LogP contribution in [0.25, 0.3) is 0 Å². The minimum Gasteiger partial charge on any atom is -0.496 e. The number of carbonyl (C=O) groups is 1.